The molecule has 1 aromatic heterocycles. The van der Waals surface area contributed by atoms with Crippen LogP contribution in [0.5, 0.6) is 11.5 Å². The van der Waals surface area contributed by atoms with Gasteiger partial charge >= 0.3 is 0 Å². The molecule has 0 radical (unpaired) electrons. The second-order valence-electron chi connectivity index (χ2n) is 7.86. The summed E-state index contributed by atoms with van der Waals surface area (Å²) in [4.78, 5) is 15.5. The molecule has 0 spiro atoms. The fraction of sp³-hybridized carbons (Fsp3) is 0.364. The Balaban J connectivity index is 2.05. The van der Waals surface area contributed by atoms with Crippen molar-refractivity contribution in [3.05, 3.63) is 52.1 Å². The molecule has 3 aromatic rings. The molecule has 0 saturated carbocycles. The van der Waals surface area contributed by atoms with Crippen LogP contribution in [-0.4, -0.2) is 58.9 Å². The molecular formula is C22H23N5O7. The normalized spacial score (nSPS) is 21.6. The van der Waals surface area contributed by atoms with Crippen molar-refractivity contribution in [2.45, 2.75) is 31.0 Å². The van der Waals surface area contributed by atoms with Crippen LogP contribution in [0.1, 0.15) is 18.5 Å². The molecule has 0 aliphatic carbocycles. The van der Waals surface area contributed by atoms with Crippen molar-refractivity contribution in [1.29, 1.82) is 5.26 Å². The molecule has 34 heavy (non-hydrogen) atoms. The lowest BCUT2D eigenvalue weighted by atomic mass is 9.84. The second kappa shape index (κ2) is 8.79. The summed E-state index contributed by atoms with van der Waals surface area (Å²) in [5, 5.41) is 35.1. The lowest BCUT2D eigenvalue weighted by Gasteiger charge is -2.47. The van der Waals surface area contributed by atoms with E-state index in [9.17, 15) is 20.5 Å². The van der Waals surface area contributed by atoms with E-state index in [1.54, 1.807) is 29.7 Å². The molecule has 2 heterocycles. The van der Waals surface area contributed by atoms with Gasteiger partial charge < -0.3 is 24.1 Å². The van der Waals surface area contributed by atoms with Crippen LogP contribution in [0, 0.1) is 21.6 Å². The number of nitriles is 1. The Morgan fingerprint density at radius 1 is 1.29 bits per heavy atom. The number of nitro benzene ring substituents is 1. The number of anilines is 1. The zero-order valence-corrected chi connectivity index (χ0v) is 18.9. The molecule has 0 fully saturated rings. The van der Waals surface area contributed by atoms with Crippen LogP contribution >= 0.6 is 0 Å². The van der Waals surface area contributed by atoms with Gasteiger partial charge in [-0.3, -0.25) is 20.0 Å². The first-order valence-electron chi connectivity index (χ1n) is 10.2. The molecule has 12 heteroatoms. The maximum atomic E-state index is 11.7. The number of aliphatic hydroxyl groups is 1. The molecule has 0 bridgehead atoms. The first-order valence-corrected chi connectivity index (χ1v) is 10.2. The molecule has 178 valence electrons. The molecular weight excluding hydrogens is 446 g/mol. The van der Waals surface area contributed by atoms with Gasteiger partial charge in [-0.05, 0) is 25.1 Å². The average Bonchev–Trinajstić information content (AvgIpc) is 3.17. The lowest BCUT2D eigenvalue weighted by molar-refractivity contribution is -0.385. The number of rotatable bonds is 7. The summed E-state index contributed by atoms with van der Waals surface area (Å²) in [5.41, 5.74) is -0.255. The first-order chi connectivity index (χ1) is 16.3. The predicted octanol–water partition coefficient (Wildman–Crippen LogP) is 2.57. The summed E-state index contributed by atoms with van der Waals surface area (Å²) >= 11 is 0. The van der Waals surface area contributed by atoms with Crippen LogP contribution in [0.25, 0.3) is 11.0 Å². The van der Waals surface area contributed by atoms with Crippen molar-refractivity contribution in [2.24, 2.45) is 0 Å². The average molecular weight is 469 g/mol. The van der Waals surface area contributed by atoms with Gasteiger partial charge in [0.1, 0.15) is 17.6 Å². The van der Waals surface area contributed by atoms with Crippen LogP contribution in [0.4, 0.5) is 11.6 Å². The Morgan fingerprint density at radius 2 is 2.03 bits per heavy atom. The van der Waals surface area contributed by atoms with Crippen molar-refractivity contribution in [3.8, 4) is 17.7 Å². The number of fused-ring (bicyclic) bond motifs is 2. The zero-order chi connectivity index (χ0) is 24.6. The number of ether oxygens (including phenoxy) is 4. The maximum Gasteiger partial charge on any atom is 0.270 e. The number of nitrogens with one attached hydrogen (secondary N) is 1. The molecule has 1 aliphatic rings. The van der Waals surface area contributed by atoms with Crippen LogP contribution in [0.15, 0.2) is 36.4 Å². The fourth-order valence-corrected chi connectivity index (χ4v) is 4.41. The van der Waals surface area contributed by atoms with Gasteiger partial charge in [0, 0.05) is 38.0 Å². The van der Waals surface area contributed by atoms with E-state index in [4.69, 9.17) is 18.9 Å². The summed E-state index contributed by atoms with van der Waals surface area (Å²) in [6.45, 7) is 1.61. The van der Waals surface area contributed by atoms with E-state index in [0.717, 1.165) is 0 Å². The monoisotopic (exact) mass is 469 g/mol. The minimum absolute atomic E-state index is 0.128. The standard InChI is InChI=1S/C22H23N5O7/c1-22(20(32-3)33-4)19(28)18(14-9-12(27(29)30)5-8-17(14)34-22)26-16-10-13(31-2)6-7-15(16)25-21(26)24-11-23/h5-10,18-20,28H,1-4H3,(H,24,25)/t18-,19+,22-/m0/s1. The number of hydrogen-bond donors (Lipinski definition) is 2. The number of aliphatic hydroxyl groups excluding tert-OH is 1. The molecule has 12 nitrogen and oxygen atoms in total. The third kappa shape index (κ3) is 3.56. The number of benzene rings is 2. The highest BCUT2D eigenvalue weighted by Crippen LogP contribution is 2.47. The molecule has 0 amide bonds. The SMILES string of the molecule is COc1ccc2nc(NC#N)n([C@H]3c4cc([N+](=O)[O-])ccc4O[C@](C)(C(OC)OC)[C@@H]3O)c2c1. The number of non-ortho nitro benzene ring substituents is 1. The Hall–Kier alpha value is -3.92. The van der Waals surface area contributed by atoms with Crippen molar-refractivity contribution < 1.29 is 29.0 Å². The van der Waals surface area contributed by atoms with Gasteiger partial charge in [0.25, 0.3) is 5.69 Å². The minimum atomic E-state index is -1.43. The molecule has 3 atom stereocenters. The summed E-state index contributed by atoms with van der Waals surface area (Å²) in [6.07, 6.45) is -0.495. The minimum Gasteiger partial charge on any atom is -0.497 e. The second-order valence-corrected chi connectivity index (χ2v) is 7.86. The van der Waals surface area contributed by atoms with E-state index in [-0.39, 0.29) is 17.4 Å². The van der Waals surface area contributed by atoms with E-state index >= 15 is 0 Å². The first kappa shape index (κ1) is 23.2. The van der Waals surface area contributed by atoms with Gasteiger partial charge in [0.2, 0.25) is 5.95 Å². The molecule has 0 unspecified atom stereocenters. The fourth-order valence-electron chi connectivity index (χ4n) is 4.41. The number of methoxy groups -OCH3 is 3. The number of imidazole rings is 1. The molecule has 2 N–H and O–H groups in total. The number of nitro groups is 1. The third-order valence-corrected chi connectivity index (χ3v) is 5.98. The Bertz CT molecular complexity index is 1280. The van der Waals surface area contributed by atoms with Crippen molar-refractivity contribution in [3.63, 3.8) is 0 Å². The van der Waals surface area contributed by atoms with Crippen molar-refractivity contribution >= 4 is 22.7 Å². The van der Waals surface area contributed by atoms with Crippen molar-refractivity contribution in [1.82, 2.24) is 9.55 Å². The highest BCUT2D eigenvalue weighted by atomic mass is 16.7. The van der Waals surface area contributed by atoms with E-state index in [1.807, 2.05) is 6.19 Å². The molecule has 1 aliphatic heterocycles. The van der Waals surface area contributed by atoms with Gasteiger partial charge in [-0.15, -0.1) is 0 Å². The third-order valence-electron chi connectivity index (χ3n) is 5.98. The van der Waals surface area contributed by atoms with Crippen LogP contribution < -0.4 is 14.8 Å². The highest BCUT2D eigenvalue weighted by Gasteiger charge is 2.53. The van der Waals surface area contributed by atoms with Gasteiger partial charge in [0.15, 0.2) is 18.1 Å². The summed E-state index contributed by atoms with van der Waals surface area (Å²) in [5.74, 6) is 0.936. The van der Waals surface area contributed by atoms with Crippen LogP contribution in [0.3, 0.4) is 0 Å². The summed E-state index contributed by atoms with van der Waals surface area (Å²) < 4.78 is 23.9. The maximum absolute atomic E-state index is 11.7. The number of hydrogen-bond acceptors (Lipinski definition) is 10. The van der Waals surface area contributed by atoms with Gasteiger partial charge in [-0.2, -0.15) is 5.26 Å². The van der Waals surface area contributed by atoms with E-state index in [2.05, 4.69) is 10.3 Å². The smallest absolute Gasteiger partial charge is 0.270 e. The zero-order valence-electron chi connectivity index (χ0n) is 18.9. The van der Waals surface area contributed by atoms with E-state index in [1.165, 1.54) is 39.5 Å². The predicted molar refractivity (Wildman–Crippen MR) is 120 cm³/mol. The highest BCUT2D eigenvalue weighted by molar-refractivity contribution is 5.81. The van der Waals surface area contributed by atoms with Crippen LogP contribution in [0.2, 0.25) is 0 Å². The molecule has 0 saturated heterocycles. The molecule has 2 aromatic carbocycles. The Labute approximate surface area is 194 Å². The van der Waals surface area contributed by atoms with Crippen LogP contribution in [-0.2, 0) is 9.47 Å². The quantitative estimate of drug-likeness (QED) is 0.173. The largest absolute Gasteiger partial charge is 0.497 e. The van der Waals surface area contributed by atoms with E-state index < -0.39 is 29.0 Å². The summed E-state index contributed by atoms with van der Waals surface area (Å²) in [7, 11) is 4.34. The topological polar surface area (TPSA) is 154 Å². The van der Waals surface area contributed by atoms with Gasteiger partial charge in [-0.25, -0.2) is 4.98 Å². The number of nitrogens with zero attached hydrogens (tertiary/aromatic N) is 4. The van der Waals surface area contributed by atoms with Crippen molar-refractivity contribution in [2.75, 3.05) is 26.6 Å². The Morgan fingerprint density at radius 3 is 2.65 bits per heavy atom. The Kier molecular flexibility index (Phi) is 6.01. The summed E-state index contributed by atoms with van der Waals surface area (Å²) in [6, 6.07) is 8.25. The van der Waals surface area contributed by atoms with Gasteiger partial charge in [-0.1, -0.05) is 0 Å². The van der Waals surface area contributed by atoms with E-state index in [0.29, 0.717) is 22.3 Å². The number of aromatic nitrogens is 2. The lowest BCUT2D eigenvalue weighted by Crippen LogP contribution is -2.60. The van der Waals surface area contributed by atoms with Gasteiger partial charge in [0.05, 0.1) is 29.1 Å². The molecule has 4 rings (SSSR count).